The van der Waals surface area contributed by atoms with Crippen LogP contribution in [0.1, 0.15) is 31.4 Å². The van der Waals surface area contributed by atoms with Crippen molar-refractivity contribution in [3.8, 4) is 0 Å². The van der Waals surface area contributed by atoms with Gasteiger partial charge in [0.1, 0.15) is 11.6 Å². The number of aryl methyl sites for hydroxylation is 1. The quantitative estimate of drug-likeness (QED) is 0.690. The number of rotatable bonds is 4. The maximum atomic E-state index is 12.9. The Balaban J connectivity index is 2.12. The fraction of sp³-hybridized carbons (Fsp3) is 0.263. The summed E-state index contributed by atoms with van der Waals surface area (Å²) in [6, 6.07) is 7.14. The number of anilines is 1. The van der Waals surface area contributed by atoms with E-state index >= 15 is 0 Å². The number of nitrogens with one attached hydrogen (secondary N) is 1. The van der Waals surface area contributed by atoms with E-state index in [1.807, 2.05) is 32.0 Å². The van der Waals surface area contributed by atoms with Crippen LogP contribution in [-0.2, 0) is 6.54 Å². The molecule has 0 amide bonds. The number of benzene rings is 1. The van der Waals surface area contributed by atoms with Crippen LogP contribution in [0.25, 0.3) is 15.6 Å². The second-order valence-electron chi connectivity index (χ2n) is 5.95. The first-order valence-corrected chi connectivity index (χ1v) is 8.63. The van der Waals surface area contributed by atoms with Crippen LogP contribution in [0.15, 0.2) is 35.3 Å². The molecule has 0 bridgehead atoms. The minimum atomic E-state index is -0.235. The summed E-state index contributed by atoms with van der Waals surface area (Å²) in [4.78, 5) is 24.7. The Morgan fingerprint density at radius 3 is 2.88 bits per heavy atom. The van der Waals surface area contributed by atoms with Gasteiger partial charge in [-0.3, -0.25) is 9.78 Å². The molecule has 0 spiro atoms. The third-order valence-electron chi connectivity index (χ3n) is 4.24. The molecule has 0 aliphatic carbocycles. The second kappa shape index (κ2) is 7.14. The van der Waals surface area contributed by atoms with Crippen LogP contribution in [0.2, 0.25) is 5.02 Å². The molecule has 1 aromatic carbocycles. The SMILES string of the molecule is [C-]#[N+]c1cnc(C)nc1N[C@@H](C)c1cc2cccc(Cl)c2c(=O)n1CC. The molecular weight excluding hydrogens is 350 g/mol. The summed E-state index contributed by atoms with van der Waals surface area (Å²) in [7, 11) is 0. The normalized spacial score (nSPS) is 12.0. The van der Waals surface area contributed by atoms with Gasteiger partial charge in [0, 0.05) is 18.4 Å². The smallest absolute Gasteiger partial charge is 0.260 e. The number of halogens is 1. The average Bonchev–Trinajstić information content (AvgIpc) is 2.61. The number of aromatic nitrogens is 3. The molecule has 0 saturated carbocycles. The minimum absolute atomic E-state index is 0.122. The average molecular weight is 368 g/mol. The molecule has 6 nitrogen and oxygen atoms in total. The number of hydrogen-bond acceptors (Lipinski definition) is 4. The molecule has 0 saturated heterocycles. The lowest BCUT2D eigenvalue weighted by molar-refractivity contribution is 0.650. The van der Waals surface area contributed by atoms with Crippen molar-refractivity contribution in [3.63, 3.8) is 0 Å². The summed E-state index contributed by atoms with van der Waals surface area (Å²) in [5, 5.41) is 5.00. The van der Waals surface area contributed by atoms with E-state index in [2.05, 4.69) is 20.1 Å². The molecule has 7 heteroatoms. The van der Waals surface area contributed by atoms with Gasteiger partial charge < -0.3 is 9.88 Å². The molecule has 132 valence electrons. The maximum absolute atomic E-state index is 12.9. The predicted molar refractivity (Wildman–Crippen MR) is 104 cm³/mol. The van der Waals surface area contributed by atoms with Gasteiger partial charge in [-0.05, 0) is 38.3 Å². The third-order valence-corrected chi connectivity index (χ3v) is 4.56. The largest absolute Gasteiger partial charge is 0.371 e. The molecule has 1 atom stereocenters. The molecule has 3 rings (SSSR count). The van der Waals surface area contributed by atoms with Crippen LogP contribution < -0.4 is 10.9 Å². The van der Waals surface area contributed by atoms with Crippen molar-refractivity contribution in [1.82, 2.24) is 14.5 Å². The number of nitrogens with zero attached hydrogens (tertiary/aromatic N) is 4. The zero-order valence-corrected chi connectivity index (χ0v) is 15.5. The van der Waals surface area contributed by atoms with E-state index in [9.17, 15) is 4.79 Å². The first-order chi connectivity index (χ1) is 12.5. The van der Waals surface area contributed by atoms with Gasteiger partial charge in [0.25, 0.3) is 5.56 Å². The Bertz CT molecular complexity index is 1080. The van der Waals surface area contributed by atoms with Crippen LogP contribution in [0, 0.1) is 13.5 Å². The predicted octanol–water partition coefficient (Wildman–Crippen LogP) is 4.50. The van der Waals surface area contributed by atoms with Gasteiger partial charge in [-0.1, -0.05) is 23.7 Å². The Morgan fingerprint density at radius 2 is 2.19 bits per heavy atom. The van der Waals surface area contributed by atoms with E-state index in [4.69, 9.17) is 18.2 Å². The van der Waals surface area contributed by atoms with Gasteiger partial charge in [-0.25, -0.2) is 9.83 Å². The molecular formula is C19H18ClN5O. The van der Waals surface area contributed by atoms with Crippen molar-refractivity contribution in [3.05, 3.63) is 68.8 Å². The highest BCUT2D eigenvalue weighted by atomic mass is 35.5. The van der Waals surface area contributed by atoms with Gasteiger partial charge in [-0.15, -0.1) is 0 Å². The fourth-order valence-corrected chi connectivity index (χ4v) is 3.25. The van der Waals surface area contributed by atoms with Crippen LogP contribution in [0.5, 0.6) is 0 Å². The van der Waals surface area contributed by atoms with E-state index in [-0.39, 0.29) is 11.6 Å². The fourth-order valence-electron chi connectivity index (χ4n) is 2.99. The topological polar surface area (TPSA) is 64.2 Å². The Morgan fingerprint density at radius 1 is 1.42 bits per heavy atom. The third kappa shape index (κ3) is 3.14. The van der Waals surface area contributed by atoms with E-state index < -0.39 is 0 Å². The zero-order chi connectivity index (χ0) is 18.8. The lowest BCUT2D eigenvalue weighted by Gasteiger charge is -2.21. The van der Waals surface area contributed by atoms with Gasteiger partial charge >= 0.3 is 0 Å². The molecule has 26 heavy (non-hydrogen) atoms. The van der Waals surface area contributed by atoms with E-state index in [1.165, 1.54) is 6.20 Å². The standard InChI is InChI=1S/C19H18ClN5O/c1-5-25-16(9-13-7-6-8-14(20)17(13)19(25)26)11(2)23-18-15(21-4)10-22-12(3)24-18/h6-11H,5H2,1-3H3,(H,22,23,24)/t11-/m0/s1. The van der Waals surface area contributed by atoms with Crippen molar-refractivity contribution in [2.75, 3.05) is 5.32 Å². The monoisotopic (exact) mass is 367 g/mol. The summed E-state index contributed by atoms with van der Waals surface area (Å²) in [5.74, 6) is 1.03. The molecule has 0 fully saturated rings. The summed E-state index contributed by atoms with van der Waals surface area (Å²) < 4.78 is 1.69. The van der Waals surface area contributed by atoms with Crippen molar-refractivity contribution < 1.29 is 0 Å². The van der Waals surface area contributed by atoms with Crippen molar-refractivity contribution in [2.45, 2.75) is 33.4 Å². The van der Waals surface area contributed by atoms with Gasteiger partial charge in [0.05, 0.1) is 23.0 Å². The highest BCUT2D eigenvalue weighted by molar-refractivity contribution is 6.35. The Kier molecular flexibility index (Phi) is 4.92. The first kappa shape index (κ1) is 17.9. The number of pyridine rings is 1. The lowest BCUT2D eigenvalue weighted by atomic mass is 10.1. The lowest BCUT2D eigenvalue weighted by Crippen LogP contribution is -2.26. The number of hydrogen-bond donors (Lipinski definition) is 1. The zero-order valence-electron chi connectivity index (χ0n) is 14.7. The van der Waals surface area contributed by atoms with Crippen molar-refractivity contribution >= 4 is 33.9 Å². The Hall–Kier alpha value is -2.91. The first-order valence-electron chi connectivity index (χ1n) is 8.25. The summed E-state index contributed by atoms with van der Waals surface area (Å²) in [6.07, 6.45) is 1.50. The number of fused-ring (bicyclic) bond motifs is 1. The highest BCUT2D eigenvalue weighted by Crippen LogP contribution is 2.28. The molecule has 0 radical (unpaired) electrons. The van der Waals surface area contributed by atoms with E-state index in [0.717, 1.165) is 11.1 Å². The van der Waals surface area contributed by atoms with Gasteiger partial charge in [-0.2, -0.15) is 0 Å². The summed E-state index contributed by atoms with van der Waals surface area (Å²) >= 11 is 6.23. The molecule has 2 heterocycles. The van der Waals surface area contributed by atoms with Gasteiger partial charge in [0.2, 0.25) is 5.69 Å². The Labute approximate surface area is 156 Å². The molecule has 3 aromatic rings. The molecule has 1 N–H and O–H groups in total. The molecule has 2 aromatic heterocycles. The van der Waals surface area contributed by atoms with Crippen molar-refractivity contribution in [1.29, 1.82) is 0 Å². The van der Waals surface area contributed by atoms with E-state index in [0.29, 0.717) is 34.3 Å². The van der Waals surface area contributed by atoms with Crippen LogP contribution in [0.3, 0.4) is 0 Å². The molecule has 0 aliphatic heterocycles. The summed E-state index contributed by atoms with van der Waals surface area (Å²) in [6.45, 7) is 13.4. The van der Waals surface area contributed by atoms with Crippen LogP contribution in [-0.4, -0.2) is 14.5 Å². The van der Waals surface area contributed by atoms with Gasteiger partial charge in [0.15, 0.2) is 0 Å². The molecule has 0 unspecified atom stereocenters. The van der Waals surface area contributed by atoms with Crippen LogP contribution >= 0.6 is 11.6 Å². The summed E-state index contributed by atoms with van der Waals surface area (Å²) in [5.41, 5.74) is 1.03. The maximum Gasteiger partial charge on any atom is 0.260 e. The minimum Gasteiger partial charge on any atom is -0.371 e. The molecule has 0 aliphatic rings. The highest BCUT2D eigenvalue weighted by Gasteiger charge is 2.17. The van der Waals surface area contributed by atoms with Crippen LogP contribution in [0.4, 0.5) is 11.5 Å². The van der Waals surface area contributed by atoms with E-state index in [1.54, 1.807) is 17.6 Å². The second-order valence-corrected chi connectivity index (χ2v) is 6.36. The van der Waals surface area contributed by atoms with Crippen molar-refractivity contribution in [2.24, 2.45) is 0 Å².